The first-order valence-electron chi connectivity index (χ1n) is 11.8. The Bertz CT molecular complexity index is 1650. The molecule has 0 aliphatic carbocycles. The SMILES string of the molecule is CCOC(=O)C1=C(C)N=c2s/c(=C\c3cn(CC)c4ccccc34)c(=O)n2[C@@H]1c1ccc(C)cc1. The zero-order valence-electron chi connectivity index (χ0n) is 20.2. The van der Waals surface area contributed by atoms with E-state index in [-0.39, 0.29) is 12.2 Å². The molecule has 0 saturated carbocycles. The highest BCUT2D eigenvalue weighted by atomic mass is 32.1. The number of hydrogen-bond donors (Lipinski definition) is 0. The third-order valence-electron chi connectivity index (χ3n) is 6.36. The van der Waals surface area contributed by atoms with Crippen LogP contribution >= 0.6 is 11.3 Å². The van der Waals surface area contributed by atoms with E-state index in [1.54, 1.807) is 18.4 Å². The maximum Gasteiger partial charge on any atom is 0.338 e. The van der Waals surface area contributed by atoms with Gasteiger partial charge in [0, 0.05) is 29.2 Å². The number of carbonyl (C=O) groups is 1. The minimum atomic E-state index is -0.593. The van der Waals surface area contributed by atoms with Crippen LogP contribution in [0.4, 0.5) is 0 Å². The Morgan fingerprint density at radius 2 is 1.86 bits per heavy atom. The fourth-order valence-corrected chi connectivity index (χ4v) is 5.69. The molecule has 1 atom stereocenters. The van der Waals surface area contributed by atoms with Gasteiger partial charge in [-0.1, -0.05) is 59.4 Å². The number of rotatable bonds is 5. The highest BCUT2D eigenvalue weighted by Crippen LogP contribution is 2.31. The van der Waals surface area contributed by atoms with Crippen molar-refractivity contribution in [1.29, 1.82) is 0 Å². The van der Waals surface area contributed by atoms with Gasteiger partial charge in [0.25, 0.3) is 5.56 Å². The monoisotopic (exact) mass is 485 g/mol. The number of benzene rings is 2. The summed E-state index contributed by atoms with van der Waals surface area (Å²) >= 11 is 1.35. The van der Waals surface area contributed by atoms with Gasteiger partial charge in [-0.3, -0.25) is 9.36 Å². The third-order valence-corrected chi connectivity index (χ3v) is 7.34. The maximum absolute atomic E-state index is 13.8. The predicted molar refractivity (Wildman–Crippen MR) is 139 cm³/mol. The molecule has 0 unspecified atom stereocenters. The molecular formula is C28H27N3O3S. The fourth-order valence-electron chi connectivity index (χ4n) is 4.65. The van der Waals surface area contributed by atoms with Crippen LogP contribution in [0.25, 0.3) is 17.0 Å². The van der Waals surface area contributed by atoms with Gasteiger partial charge in [-0.15, -0.1) is 0 Å². The summed E-state index contributed by atoms with van der Waals surface area (Å²) in [6, 6.07) is 15.5. The second-order valence-electron chi connectivity index (χ2n) is 8.60. The van der Waals surface area contributed by atoms with Gasteiger partial charge in [-0.05, 0) is 45.4 Å². The molecule has 6 nitrogen and oxygen atoms in total. The van der Waals surface area contributed by atoms with Crippen molar-refractivity contribution in [1.82, 2.24) is 9.13 Å². The third kappa shape index (κ3) is 3.96. The van der Waals surface area contributed by atoms with E-state index in [9.17, 15) is 9.59 Å². The minimum Gasteiger partial charge on any atom is -0.463 e. The van der Waals surface area contributed by atoms with E-state index < -0.39 is 12.0 Å². The average Bonchev–Trinajstić information content (AvgIpc) is 3.36. The van der Waals surface area contributed by atoms with Crippen LogP contribution in [0.3, 0.4) is 0 Å². The summed E-state index contributed by atoms with van der Waals surface area (Å²) in [5.41, 5.74) is 4.88. The molecule has 1 aliphatic rings. The van der Waals surface area contributed by atoms with Crippen LogP contribution in [0, 0.1) is 6.92 Å². The summed E-state index contributed by atoms with van der Waals surface area (Å²) in [4.78, 5) is 32.1. The number of carbonyl (C=O) groups excluding carboxylic acids is 1. The van der Waals surface area contributed by atoms with E-state index in [1.165, 1.54) is 11.3 Å². The first-order chi connectivity index (χ1) is 16.9. The van der Waals surface area contributed by atoms with E-state index in [0.29, 0.717) is 20.6 Å². The number of aromatic nitrogens is 2. The summed E-state index contributed by atoms with van der Waals surface area (Å²) in [5, 5.41) is 1.10. The van der Waals surface area contributed by atoms with Crippen molar-refractivity contribution in [3.05, 3.63) is 102 Å². The first-order valence-corrected chi connectivity index (χ1v) is 12.6. The lowest BCUT2D eigenvalue weighted by atomic mass is 9.95. The van der Waals surface area contributed by atoms with E-state index >= 15 is 0 Å². The van der Waals surface area contributed by atoms with Crippen LogP contribution in [-0.4, -0.2) is 21.7 Å². The van der Waals surface area contributed by atoms with Gasteiger partial charge in [0.2, 0.25) is 0 Å². The van der Waals surface area contributed by atoms with Crippen LogP contribution in [0.5, 0.6) is 0 Å². The Balaban J connectivity index is 1.75. The van der Waals surface area contributed by atoms with Crippen molar-refractivity contribution in [2.24, 2.45) is 4.99 Å². The summed E-state index contributed by atoms with van der Waals surface area (Å²) in [6.07, 6.45) is 4.02. The van der Waals surface area contributed by atoms with E-state index in [4.69, 9.17) is 4.74 Å². The van der Waals surface area contributed by atoms with E-state index in [0.717, 1.165) is 34.1 Å². The highest BCUT2D eigenvalue weighted by molar-refractivity contribution is 7.07. The Morgan fingerprint density at radius 1 is 1.11 bits per heavy atom. The van der Waals surface area contributed by atoms with Gasteiger partial charge in [0.15, 0.2) is 4.80 Å². The minimum absolute atomic E-state index is 0.165. The van der Waals surface area contributed by atoms with Gasteiger partial charge in [0.1, 0.15) is 0 Å². The van der Waals surface area contributed by atoms with Crippen LogP contribution in [0.15, 0.2) is 75.8 Å². The quantitative estimate of drug-likeness (QED) is 0.400. The van der Waals surface area contributed by atoms with Crippen molar-refractivity contribution in [2.75, 3.05) is 6.61 Å². The first kappa shape index (κ1) is 23.1. The Labute approximate surface area is 207 Å². The van der Waals surface area contributed by atoms with Gasteiger partial charge < -0.3 is 9.30 Å². The number of nitrogens with zero attached hydrogens (tertiary/aromatic N) is 3. The lowest BCUT2D eigenvalue weighted by Crippen LogP contribution is -2.39. The van der Waals surface area contributed by atoms with Crippen LogP contribution < -0.4 is 14.9 Å². The number of esters is 1. The molecule has 2 aromatic carbocycles. The maximum atomic E-state index is 13.8. The average molecular weight is 486 g/mol. The van der Waals surface area contributed by atoms with Crippen molar-refractivity contribution >= 4 is 34.3 Å². The number of allylic oxidation sites excluding steroid dienone is 1. The van der Waals surface area contributed by atoms with Crippen molar-refractivity contribution in [3.8, 4) is 0 Å². The van der Waals surface area contributed by atoms with E-state index in [1.807, 2.05) is 49.4 Å². The lowest BCUT2D eigenvalue weighted by Gasteiger charge is -2.24. The molecule has 0 spiro atoms. The van der Waals surface area contributed by atoms with Crippen LogP contribution in [0.2, 0.25) is 0 Å². The number of aryl methyl sites for hydroxylation is 2. The van der Waals surface area contributed by atoms with Gasteiger partial charge in [-0.25, -0.2) is 9.79 Å². The molecule has 0 radical (unpaired) electrons. The fraction of sp³-hybridized carbons (Fsp3) is 0.250. The molecule has 0 N–H and O–H groups in total. The molecule has 0 fully saturated rings. The van der Waals surface area contributed by atoms with Crippen molar-refractivity contribution < 1.29 is 9.53 Å². The molecule has 0 amide bonds. The van der Waals surface area contributed by atoms with Gasteiger partial charge in [-0.2, -0.15) is 0 Å². The van der Waals surface area contributed by atoms with Crippen LogP contribution in [0.1, 0.15) is 43.5 Å². The molecule has 35 heavy (non-hydrogen) atoms. The molecule has 1 aliphatic heterocycles. The van der Waals surface area contributed by atoms with Crippen molar-refractivity contribution in [2.45, 2.75) is 40.3 Å². The largest absolute Gasteiger partial charge is 0.463 e. The second kappa shape index (κ2) is 9.15. The zero-order chi connectivity index (χ0) is 24.7. The number of thiazole rings is 1. The van der Waals surface area contributed by atoms with Crippen molar-refractivity contribution in [3.63, 3.8) is 0 Å². The number of ether oxygens (including phenoxy) is 1. The molecule has 3 heterocycles. The summed E-state index contributed by atoms with van der Waals surface area (Å²) < 4.78 is 9.77. The van der Waals surface area contributed by atoms with E-state index in [2.05, 4.69) is 34.8 Å². The predicted octanol–water partition coefficient (Wildman–Crippen LogP) is 4.08. The Morgan fingerprint density at radius 3 is 2.57 bits per heavy atom. The highest BCUT2D eigenvalue weighted by Gasteiger charge is 2.33. The molecular weight excluding hydrogens is 458 g/mol. The number of para-hydroxylation sites is 1. The molecule has 5 rings (SSSR count). The lowest BCUT2D eigenvalue weighted by molar-refractivity contribution is -0.139. The molecule has 4 aromatic rings. The molecule has 0 bridgehead atoms. The van der Waals surface area contributed by atoms with Gasteiger partial charge >= 0.3 is 5.97 Å². The molecule has 0 saturated heterocycles. The topological polar surface area (TPSA) is 65.6 Å². The number of fused-ring (bicyclic) bond motifs is 2. The normalized spacial score (nSPS) is 15.9. The Kier molecular flexibility index (Phi) is 6.03. The molecule has 2 aromatic heterocycles. The second-order valence-corrected chi connectivity index (χ2v) is 9.61. The number of hydrogen-bond acceptors (Lipinski definition) is 5. The summed E-state index contributed by atoms with van der Waals surface area (Å²) in [5.74, 6) is -0.445. The van der Waals surface area contributed by atoms with Crippen LogP contribution in [-0.2, 0) is 16.1 Å². The molecule has 178 valence electrons. The van der Waals surface area contributed by atoms with Gasteiger partial charge in [0.05, 0.1) is 28.5 Å². The summed E-state index contributed by atoms with van der Waals surface area (Å²) in [7, 11) is 0. The summed E-state index contributed by atoms with van der Waals surface area (Å²) in [6.45, 7) is 8.78. The molecule has 7 heteroatoms. The Hall–Kier alpha value is -3.71. The smallest absolute Gasteiger partial charge is 0.338 e. The standard InChI is InChI=1S/C28H27N3O3S/c1-5-30-16-20(21-9-7-8-10-22(21)30)15-23-26(32)31-25(19-13-11-17(3)12-14-19)24(27(33)34-6-2)18(4)29-28(31)35-23/h7-16,25H,5-6H2,1-4H3/b23-15-/t25-/m1/s1. The zero-order valence-corrected chi connectivity index (χ0v) is 21.1.